The zero-order valence-corrected chi connectivity index (χ0v) is 17.7. The van der Waals surface area contributed by atoms with Crippen LogP contribution in [0.3, 0.4) is 0 Å². The van der Waals surface area contributed by atoms with E-state index < -0.39 is 45.2 Å². The maximum atomic E-state index is 13.4. The first-order valence-electron chi connectivity index (χ1n) is 8.00. The Morgan fingerprint density at radius 2 is 1.45 bits per heavy atom. The highest BCUT2D eigenvalue weighted by atomic mass is 35.5. The van der Waals surface area contributed by atoms with Crippen LogP contribution < -0.4 is 4.90 Å². The molecule has 1 amide bonds. The molecule has 0 N–H and O–H groups in total. The average molecular weight is 520 g/mol. The molecule has 0 saturated heterocycles. The number of hydrogen-bond donors (Lipinski definition) is 0. The molecule has 0 unspecified atom stereocenters. The molecule has 3 aromatic rings. The van der Waals surface area contributed by atoms with E-state index in [1.165, 1.54) is 36.4 Å². The van der Waals surface area contributed by atoms with Gasteiger partial charge in [0.05, 0.1) is 15.7 Å². The molecule has 3 rings (SSSR count). The van der Waals surface area contributed by atoms with Gasteiger partial charge in [-0.2, -0.15) is 26.3 Å². The van der Waals surface area contributed by atoms with Crippen molar-refractivity contribution in [3.63, 3.8) is 0 Å². The van der Waals surface area contributed by atoms with Crippen molar-refractivity contribution in [2.45, 2.75) is 12.4 Å². The van der Waals surface area contributed by atoms with E-state index in [2.05, 4.69) is 4.98 Å². The highest BCUT2D eigenvalue weighted by Gasteiger charge is 2.46. The third-order valence-corrected chi connectivity index (χ3v) is 5.64. The van der Waals surface area contributed by atoms with Crippen molar-refractivity contribution in [1.29, 1.82) is 0 Å². The molecule has 0 radical (unpaired) electrons. The normalized spacial score (nSPS) is 12.2. The van der Waals surface area contributed by atoms with Crippen molar-refractivity contribution < 1.29 is 31.1 Å². The molecule has 0 aliphatic heterocycles. The van der Waals surface area contributed by atoms with Crippen molar-refractivity contribution in [2.24, 2.45) is 0 Å². The molecule has 2 aromatic carbocycles. The van der Waals surface area contributed by atoms with E-state index in [4.69, 9.17) is 34.8 Å². The summed E-state index contributed by atoms with van der Waals surface area (Å²) >= 11 is 17.7. The van der Waals surface area contributed by atoms with Gasteiger partial charge < -0.3 is 0 Å². The number of amides is 1. The number of aromatic nitrogens is 1. The highest BCUT2D eigenvalue weighted by Crippen LogP contribution is 2.45. The number of alkyl halides is 6. The fourth-order valence-corrected chi connectivity index (χ4v) is 4.42. The molecule has 3 nitrogen and oxygen atoms in total. The summed E-state index contributed by atoms with van der Waals surface area (Å²) in [7, 11) is 0. The number of hydrogen-bond acceptors (Lipinski definition) is 3. The van der Waals surface area contributed by atoms with Gasteiger partial charge in [0.25, 0.3) is 5.91 Å². The number of rotatable bonds is 3. The minimum Gasteiger partial charge on any atom is -0.273 e. The topological polar surface area (TPSA) is 33.2 Å². The van der Waals surface area contributed by atoms with Gasteiger partial charge in [-0.1, -0.05) is 53.0 Å². The third kappa shape index (κ3) is 4.92. The summed E-state index contributed by atoms with van der Waals surface area (Å²) in [6.45, 7) is 0. The molecule has 13 heteroatoms. The zero-order chi connectivity index (χ0) is 23.1. The number of halogens is 9. The number of benzene rings is 2. The van der Waals surface area contributed by atoms with Crippen molar-refractivity contribution in [3.05, 3.63) is 73.1 Å². The summed E-state index contributed by atoms with van der Waals surface area (Å²) < 4.78 is 79.4. The first-order valence-corrected chi connectivity index (χ1v) is 9.95. The lowest BCUT2D eigenvalue weighted by Gasteiger charge is -2.25. The molecule has 0 aliphatic rings. The first-order chi connectivity index (χ1) is 14.3. The Morgan fingerprint density at radius 1 is 0.903 bits per heavy atom. The van der Waals surface area contributed by atoms with Crippen LogP contribution in [0.25, 0.3) is 0 Å². The van der Waals surface area contributed by atoms with Crippen molar-refractivity contribution in [2.75, 3.05) is 4.90 Å². The lowest BCUT2D eigenvalue weighted by atomic mass is 10.2. The predicted molar refractivity (Wildman–Crippen MR) is 107 cm³/mol. The van der Waals surface area contributed by atoms with Gasteiger partial charge in [0.2, 0.25) is 0 Å². The van der Waals surface area contributed by atoms with Crippen LogP contribution in [0.2, 0.25) is 15.1 Å². The Bertz CT molecular complexity index is 1110. The molecule has 31 heavy (non-hydrogen) atoms. The van der Waals surface area contributed by atoms with Crippen LogP contribution >= 0.6 is 46.1 Å². The fraction of sp³-hybridized carbons (Fsp3) is 0.111. The van der Waals surface area contributed by atoms with E-state index in [-0.39, 0.29) is 26.4 Å². The molecule has 1 heterocycles. The standard InChI is InChI=1S/C18H7Cl3F6N2OS/c19-8-6-10(20)12(11(21)7-8)29(9-4-2-1-3-5-9)15(30)13-14(17(22,23)24)28-16(31-13)18(25,26)27/h1-7H. The van der Waals surface area contributed by atoms with Crippen molar-refractivity contribution >= 4 is 63.4 Å². The van der Waals surface area contributed by atoms with Gasteiger partial charge in [0, 0.05) is 10.7 Å². The van der Waals surface area contributed by atoms with Crippen molar-refractivity contribution in [1.82, 2.24) is 4.98 Å². The highest BCUT2D eigenvalue weighted by molar-refractivity contribution is 7.14. The Kier molecular flexibility index (Phi) is 6.48. The molecule has 0 atom stereocenters. The average Bonchev–Trinajstić information content (AvgIpc) is 3.11. The van der Waals surface area contributed by atoms with E-state index in [0.717, 1.165) is 0 Å². The van der Waals surface area contributed by atoms with Crippen LogP contribution in [-0.4, -0.2) is 10.9 Å². The summed E-state index contributed by atoms with van der Waals surface area (Å²) in [4.78, 5) is 15.3. The van der Waals surface area contributed by atoms with Crippen molar-refractivity contribution in [3.8, 4) is 0 Å². The van der Waals surface area contributed by atoms with Crippen LogP contribution in [0.5, 0.6) is 0 Å². The molecule has 1 aromatic heterocycles. The van der Waals surface area contributed by atoms with Crippen LogP contribution in [-0.2, 0) is 12.4 Å². The number of thiazole rings is 1. The number of nitrogens with zero attached hydrogens (tertiary/aromatic N) is 2. The lowest BCUT2D eigenvalue weighted by molar-refractivity contribution is -0.147. The van der Waals surface area contributed by atoms with Gasteiger partial charge in [0.1, 0.15) is 4.88 Å². The van der Waals surface area contributed by atoms with Crippen LogP contribution in [0.15, 0.2) is 42.5 Å². The van der Waals surface area contributed by atoms with Gasteiger partial charge in [0.15, 0.2) is 10.7 Å². The second-order valence-corrected chi connectivity index (χ2v) is 8.14. The van der Waals surface area contributed by atoms with E-state index in [1.54, 1.807) is 6.07 Å². The number of para-hydroxylation sites is 1. The summed E-state index contributed by atoms with van der Waals surface area (Å²) in [5.74, 6) is -1.45. The summed E-state index contributed by atoms with van der Waals surface area (Å²) in [5, 5.41) is -2.15. The van der Waals surface area contributed by atoms with E-state index in [9.17, 15) is 31.1 Å². The van der Waals surface area contributed by atoms with Gasteiger partial charge in [-0.3, -0.25) is 9.69 Å². The maximum absolute atomic E-state index is 13.4. The molecule has 0 aliphatic carbocycles. The quantitative estimate of drug-likeness (QED) is 0.327. The Balaban J connectivity index is 2.28. The lowest BCUT2D eigenvalue weighted by Crippen LogP contribution is -2.28. The minimum absolute atomic E-state index is 0.00806. The van der Waals surface area contributed by atoms with Gasteiger partial charge in [-0.25, -0.2) is 4.98 Å². The molecule has 164 valence electrons. The zero-order valence-electron chi connectivity index (χ0n) is 14.7. The first kappa shape index (κ1) is 23.6. The third-order valence-electron chi connectivity index (χ3n) is 3.76. The molecular weight excluding hydrogens is 513 g/mol. The number of carbonyl (C=O) groups excluding carboxylic acids is 1. The molecule has 0 fully saturated rings. The maximum Gasteiger partial charge on any atom is 0.443 e. The van der Waals surface area contributed by atoms with E-state index >= 15 is 0 Å². The van der Waals surface area contributed by atoms with Crippen LogP contribution in [0.4, 0.5) is 37.7 Å². The Labute approximate surface area is 189 Å². The Hall–Kier alpha value is -2.01. The van der Waals surface area contributed by atoms with E-state index in [1.807, 2.05) is 0 Å². The summed E-state index contributed by atoms with van der Waals surface area (Å²) in [6, 6.07) is 9.55. The fourth-order valence-electron chi connectivity index (χ4n) is 2.55. The number of carbonyl (C=O) groups is 1. The number of anilines is 2. The summed E-state index contributed by atoms with van der Waals surface area (Å²) in [6.07, 6.45) is -10.5. The molecule has 0 bridgehead atoms. The Morgan fingerprint density at radius 3 is 1.94 bits per heavy atom. The van der Waals surface area contributed by atoms with Gasteiger partial charge in [-0.15, -0.1) is 11.3 Å². The molecular formula is C18H7Cl3F6N2OS. The SMILES string of the molecule is O=C(c1sc(C(F)(F)F)nc1C(F)(F)F)N(c1ccccc1)c1c(Cl)cc(Cl)cc1Cl. The van der Waals surface area contributed by atoms with E-state index in [0.29, 0.717) is 4.90 Å². The largest absolute Gasteiger partial charge is 0.443 e. The van der Waals surface area contributed by atoms with Gasteiger partial charge >= 0.3 is 12.4 Å². The molecule has 0 spiro atoms. The minimum atomic E-state index is -5.32. The second kappa shape index (κ2) is 8.50. The predicted octanol–water partition coefficient (Wildman–Crippen LogP) is 8.12. The smallest absolute Gasteiger partial charge is 0.273 e. The van der Waals surface area contributed by atoms with Crippen LogP contribution in [0.1, 0.15) is 20.4 Å². The van der Waals surface area contributed by atoms with Crippen LogP contribution in [0, 0.1) is 0 Å². The summed E-state index contributed by atoms with van der Waals surface area (Å²) in [5.41, 5.74) is -2.20. The van der Waals surface area contributed by atoms with Gasteiger partial charge in [-0.05, 0) is 24.3 Å². The monoisotopic (exact) mass is 518 g/mol. The second-order valence-electron chi connectivity index (χ2n) is 5.89. The molecule has 0 saturated carbocycles.